The van der Waals surface area contributed by atoms with E-state index in [1.807, 2.05) is 6.92 Å². The van der Waals surface area contributed by atoms with E-state index in [2.05, 4.69) is 0 Å². The van der Waals surface area contributed by atoms with Gasteiger partial charge in [0, 0.05) is 13.1 Å². The van der Waals surface area contributed by atoms with Gasteiger partial charge in [-0.1, -0.05) is 6.07 Å². The second-order valence-corrected chi connectivity index (χ2v) is 4.50. The zero-order valence-corrected chi connectivity index (χ0v) is 10.7. The number of hydrogen-bond donors (Lipinski definition) is 3. The highest BCUT2D eigenvalue weighted by Gasteiger charge is 2.34. The molecule has 1 aliphatic heterocycles. The van der Waals surface area contributed by atoms with Crippen LogP contribution in [0.2, 0.25) is 0 Å². The van der Waals surface area contributed by atoms with Crippen LogP contribution in [0.25, 0.3) is 0 Å². The van der Waals surface area contributed by atoms with Crippen LogP contribution in [-0.2, 0) is 0 Å². The molecular formula is C13H18N2O4. The molecule has 2 rings (SSSR count). The fourth-order valence-electron chi connectivity index (χ4n) is 2.13. The molecule has 0 bridgehead atoms. The number of nitrogens with two attached hydrogens (primary N) is 1. The number of aliphatic hydroxyl groups excluding tert-OH is 2. The number of nitrogens with zero attached hydrogens (tertiary/aromatic N) is 1. The molecule has 0 aromatic heterocycles. The van der Waals surface area contributed by atoms with Gasteiger partial charge in [-0.25, -0.2) is 0 Å². The second-order valence-electron chi connectivity index (χ2n) is 4.50. The Hall–Kier alpha value is -1.79. The first-order chi connectivity index (χ1) is 9.04. The van der Waals surface area contributed by atoms with Crippen molar-refractivity contribution in [3.63, 3.8) is 0 Å². The van der Waals surface area contributed by atoms with Crippen molar-refractivity contribution in [2.75, 3.05) is 25.4 Å². The van der Waals surface area contributed by atoms with Gasteiger partial charge >= 0.3 is 0 Å². The average Bonchev–Trinajstić information content (AvgIpc) is 2.71. The molecule has 1 amide bonds. The summed E-state index contributed by atoms with van der Waals surface area (Å²) in [6.45, 7) is 2.44. The van der Waals surface area contributed by atoms with Crippen LogP contribution in [0.3, 0.4) is 0 Å². The number of benzene rings is 1. The maximum absolute atomic E-state index is 12.4. The number of likely N-dealkylation sites (tertiary alicyclic amines) is 1. The molecule has 104 valence electrons. The maximum atomic E-state index is 12.4. The summed E-state index contributed by atoms with van der Waals surface area (Å²) < 4.78 is 5.40. The summed E-state index contributed by atoms with van der Waals surface area (Å²) in [7, 11) is 0. The van der Waals surface area contributed by atoms with Crippen LogP contribution >= 0.6 is 0 Å². The number of rotatable bonds is 3. The van der Waals surface area contributed by atoms with Crippen LogP contribution < -0.4 is 10.5 Å². The molecule has 0 aliphatic carbocycles. The number of ether oxygens (including phenoxy) is 1. The summed E-state index contributed by atoms with van der Waals surface area (Å²) in [4.78, 5) is 13.7. The SMILES string of the molecule is CCOc1c(N)cccc1C(=O)N1C[C@@H](O)[C@@H](O)C1. The van der Waals surface area contributed by atoms with E-state index < -0.39 is 12.2 Å². The summed E-state index contributed by atoms with van der Waals surface area (Å²) in [6.07, 6.45) is -1.80. The summed E-state index contributed by atoms with van der Waals surface area (Å²) in [5.74, 6) is 0.0530. The lowest BCUT2D eigenvalue weighted by Gasteiger charge is -2.18. The number of para-hydroxylation sites is 1. The zero-order chi connectivity index (χ0) is 14.0. The van der Waals surface area contributed by atoms with Crippen molar-refractivity contribution < 1.29 is 19.7 Å². The van der Waals surface area contributed by atoms with E-state index in [1.54, 1.807) is 18.2 Å². The fraction of sp³-hybridized carbons (Fsp3) is 0.462. The van der Waals surface area contributed by atoms with Gasteiger partial charge in [0.15, 0.2) is 5.75 Å². The number of carbonyl (C=O) groups excluding carboxylic acids is 1. The minimum Gasteiger partial charge on any atom is -0.491 e. The Morgan fingerprint density at radius 3 is 2.63 bits per heavy atom. The first-order valence-electron chi connectivity index (χ1n) is 6.21. The van der Waals surface area contributed by atoms with Crippen LogP contribution in [0.1, 0.15) is 17.3 Å². The molecule has 2 atom stereocenters. The minimum absolute atomic E-state index is 0.111. The number of anilines is 1. The molecular weight excluding hydrogens is 248 g/mol. The predicted molar refractivity (Wildman–Crippen MR) is 69.9 cm³/mol. The molecule has 0 spiro atoms. The largest absolute Gasteiger partial charge is 0.491 e. The van der Waals surface area contributed by atoms with Gasteiger partial charge in [-0.05, 0) is 19.1 Å². The standard InChI is InChI=1S/C13H18N2O4/c1-2-19-12-8(4-3-5-9(12)14)13(18)15-6-10(16)11(17)7-15/h3-5,10-11,16-17H,2,6-7,14H2,1H3/t10-,11+. The third-order valence-electron chi connectivity index (χ3n) is 3.11. The van der Waals surface area contributed by atoms with E-state index in [-0.39, 0.29) is 19.0 Å². The number of carbonyl (C=O) groups is 1. The Balaban J connectivity index is 2.26. The van der Waals surface area contributed by atoms with Gasteiger partial charge in [0.05, 0.1) is 30.1 Å². The molecule has 1 heterocycles. The highest BCUT2D eigenvalue weighted by molar-refractivity contribution is 5.98. The van der Waals surface area contributed by atoms with Gasteiger partial charge < -0.3 is 25.6 Å². The minimum atomic E-state index is -0.902. The summed E-state index contributed by atoms with van der Waals surface area (Å²) >= 11 is 0. The van der Waals surface area contributed by atoms with E-state index in [4.69, 9.17) is 10.5 Å². The Morgan fingerprint density at radius 1 is 1.42 bits per heavy atom. The Morgan fingerprint density at radius 2 is 2.05 bits per heavy atom. The number of hydrogen-bond acceptors (Lipinski definition) is 5. The van der Waals surface area contributed by atoms with Crippen LogP contribution in [0.5, 0.6) is 5.75 Å². The van der Waals surface area contributed by atoms with Gasteiger partial charge in [0.2, 0.25) is 0 Å². The highest BCUT2D eigenvalue weighted by atomic mass is 16.5. The van der Waals surface area contributed by atoms with Crippen molar-refractivity contribution in [3.8, 4) is 5.75 Å². The van der Waals surface area contributed by atoms with Gasteiger partial charge in [0.25, 0.3) is 5.91 Å². The van der Waals surface area contributed by atoms with Crippen molar-refractivity contribution in [2.24, 2.45) is 0 Å². The molecule has 1 saturated heterocycles. The van der Waals surface area contributed by atoms with E-state index in [9.17, 15) is 15.0 Å². The Bertz CT molecular complexity index is 468. The molecule has 1 aromatic carbocycles. The molecule has 1 aromatic rings. The van der Waals surface area contributed by atoms with Crippen LogP contribution in [0, 0.1) is 0 Å². The van der Waals surface area contributed by atoms with E-state index in [0.717, 1.165) is 0 Å². The monoisotopic (exact) mass is 266 g/mol. The third kappa shape index (κ3) is 2.64. The molecule has 0 saturated carbocycles. The lowest BCUT2D eigenvalue weighted by Crippen LogP contribution is -2.30. The van der Waals surface area contributed by atoms with Crippen molar-refractivity contribution in [2.45, 2.75) is 19.1 Å². The molecule has 0 radical (unpaired) electrons. The van der Waals surface area contributed by atoms with Gasteiger partial charge in [-0.3, -0.25) is 4.79 Å². The second kappa shape index (κ2) is 5.46. The van der Waals surface area contributed by atoms with Crippen molar-refractivity contribution >= 4 is 11.6 Å². The van der Waals surface area contributed by atoms with Gasteiger partial charge in [-0.15, -0.1) is 0 Å². The van der Waals surface area contributed by atoms with E-state index >= 15 is 0 Å². The molecule has 19 heavy (non-hydrogen) atoms. The number of β-amino-alcohol motifs (C(OH)–C–C–N with tert-alkyl or cyclic N) is 2. The number of amides is 1. The van der Waals surface area contributed by atoms with Gasteiger partial charge in [-0.2, -0.15) is 0 Å². The van der Waals surface area contributed by atoms with Gasteiger partial charge in [0.1, 0.15) is 0 Å². The van der Waals surface area contributed by atoms with Crippen LogP contribution in [-0.4, -0.2) is 52.9 Å². The van der Waals surface area contributed by atoms with Crippen LogP contribution in [0.15, 0.2) is 18.2 Å². The lowest BCUT2D eigenvalue weighted by atomic mass is 10.1. The maximum Gasteiger partial charge on any atom is 0.257 e. The fourth-order valence-corrected chi connectivity index (χ4v) is 2.13. The summed E-state index contributed by atoms with van der Waals surface area (Å²) in [5.41, 5.74) is 6.55. The topological polar surface area (TPSA) is 96.0 Å². The third-order valence-corrected chi connectivity index (χ3v) is 3.11. The van der Waals surface area contributed by atoms with E-state index in [1.165, 1.54) is 4.90 Å². The Labute approximate surface area is 111 Å². The number of aliphatic hydroxyl groups is 2. The normalized spacial score (nSPS) is 22.6. The molecule has 4 N–H and O–H groups in total. The van der Waals surface area contributed by atoms with E-state index in [0.29, 0.717) is 23.6 Å². The smallest absolute Gasteiger partial charge is 0.257 e. The molecule has 6 heteroatoms. The lowest BCUT2D eigenvalue weighted by molar-refractivity contribution is 0.0572. The van der Waals surface area contributed by atoms with Crippen molar-refractivity contribution in [1.82, 2.24) is 4.90 Å². The highest BCUT2D eigenvalue weighted by Crippen LogP contribution is 2.28. The van der Waals surface area contributed by atoms with Crippen molar-refractivity contribution in [1.29, 1.82) is 0 Å². The number of nitrogen functional groups attached to an aromatic ring is 1. The predicted octanol–water partition coefficient (Wildman–Crippen LogP) is -0.155. The zero-order valence-electron chi connectivity index (χ0n) is 10.7. The van der Waals surface area contributed by atoms with Crippen LogP contribution in [0.4, 0.5) is 5.69 Å². The summed E-state index contributed by atoms with van der Waals surface area (Å²) in [5, 5.41) is 19.0. The molecule has 1 aliphatic rings. The average molecular weight is 266 g/mol. The first kappa shape index (κ1) is 13.6. The molecule has 1 fully saturated rings. The summed E-state index contributed by atoms with van der Waals surface area (Å²) in [6, 6.07) is 4.96. The Kier molecular flexibility index (Phi) is 3.92. The van der Waals surface area contributed by atoms with Crippen molar-refractivity contribution in [3.05, 3.63) is 23.8 Å². The molecule has 0 unspecified atom stereocenters. The first-order valence-corrected chi connectivity index (χ1v) is 6.21. The molecule has 6 nitrogen and oxygen atoms in total. The quantitative estimate of drug-likeness (QED) is 0.661.